The van der Waals surface area contributed by atoms with Crippen molar-refractivity contribution in [3.63, 3.8) is 0 Å². The molecule has 3 aromatic carbocycles. The summed E-state index contributed by atoms with van der Waals surface area (Å²) < 4.78 is 10.6. The average Bonchev–Trinajstić information content (AvgIpc) is 2.57. The Kier molecular flexibility index (Phi) is 3.51. The Morgan fingerprint density at radius 1 is 0.773 bits per heavy atom. The summed E-state index contributed by atoms with van der Waals surface area (Å²) in [5, 5.41) is 22.0. The van der Waals surface area contributed by atoms with Gasteiger partial charge in [0.2, 0.25) is 0 Å². The smallest absolute Gasteiger partial charge is 0.131 e. The molecular weight excluding hydrogens is 280 g/mol. The summed E-state index contributed by atoms with van der Waals surface area (Å²) in [4.78, 5) is 0. The monoisotopic (exact) mass is 296 g/mol. The molecule has 112 valence electrons. The van der Waals surface area contributed by atoms with Gasteiger partial charge in [0, 0.05) is 28.0 Å². The zero-order valence-electron chi connectivity index (χ0n) is 12.3. The van der Waals surface area contributed by atoms with E-state index in [1.54, 1.807) is 50.6 Å². The van der Waals surface area contributed by atoms with Crippen LogP contribution in [0.2, 0.25) is 0 Å². The van der Waals surface area contributed by atoms with Crippen LogP contribution in [0.25, 0.3) is 21.9 Å². The van der Waals surface area contributed by atoms with Crippen LogP contribution in [0.1, 0.15) is 0 Å². The Hall–Kier alpha value is -2.88. The Morgan fingerprint density at radius 2 is 1.50 bits per heavy atom. The van der Waals surface area contributed by atoms with Crippen LogP contribution in [0, 0.1) is 0 Å². The quantitative estimate of drug-likeness (QED) is 0.719. The number of phenols is 2. The molecule has 0 heterocycles. The molecule has 0 aromatic heterocycles. The Balaban J connectivity index is 2.29. The summed E-state index contributed by atoms with van der Waals surface area (Å²) in [5.74, 6) is 1.44. The summed E-state index contributed by atoms with van der Waals surface area (Å²) in [6.45, 7) is 0. The predicted molar refractivity (Wildman–Crippen MR) is 85.8 cm³/mol. The van der Waals surface area contributed by atoms with Crippen LogP contribution in [0.3, 0.4) is 0 Å². The van der Waals surface area contributed by atoms with E-state index < -0.39 is 0 Å². The first kappa shape index (κ1) is 14.1. The van der Waals surface area contributed by atoms with Crippen molar-refractivity contribution in [2.45, 2.75) is 0 Å². The van der Waals surface area contributed by atoms with E-state index in [1.165, 1.54) is 0 Å². The fourth-order valence-corrected chi connectivity index (χ4v) is 2.57. The summed E-state index contributed by atoms with van der Waals surface area (Å²) in [7, 11) is 3.13. The van der Waals surface area contributed by atoms with Crippen LogP contribution in [-0.2, 0) is 0 Å². The zero-order chi connectivity index (χ0) is 15.7. The fraction of sp³-hybridized carbons (Fsp3) is 0.111. The highest BCUT2D eigenvalue weighted by Gasteiger charge is 2.16. The summed E-state index contributed by atoms with van der Waals surface area (Å²) in [6, 6.07) is 14.0. The van der Waals surface area contributed by atoms with Gasteiger partial charge in [-0.15, -0.1) is 0 Å². The maximum Gasteiger partial charge on any atom is 0.131 e. The van der Waals surface area contributed by atoms with Crippen molar-refractivity contribution in [1.29, 1.82) is 0 Å². The zero-order valence-corrected chi connectivity index (χ0v) is 12.3. The molecular formula is C18H16O4. The van der Waals surface area contributed by atoms with Gasteiger partial charge in [-0.2, -0.15) is 0 Å². The van der Waals surface area contributed by atoms with E-state index in [9.17, 15) is 10.2 Å². The molecule has 22 heavy (non-hydrogen) atoms. The molecule has 0 unspecified atom stereocenters. The molecule has 4 heteroatoms. The highest BCUT2D eigenvalue weighted by Crippen LogP contribution is 2.44. The largest absolute Gasteiger partial charge is 0.507 e. The van der Waals surface area contributed by atoms with E-state index in [2.05, 4.69) is 0 Å². The van der Waals surface area contributed by atoms with Crippen LogP contribution in [0.4, 0.5) is 0 Å². The SMILES string of the molecule is COc1ccc(-c2cc(O)c3ccccc3c2O)c(OC)c1. The highest BCUT2D eigenvalue weighted by molar-refractivity contribution is 5.99. The lowest BCUT2D eigenvalue weighted by atomic mass is 9.98. The van der Waals surface area contributed by atoms with Crippen LogP contribution in [0.15, 0.2) is 48.5 Å². The standard InChI is InChI=1S/C18H16O4/c1-21-11-7-8-13(17(9-11)22-2)15-10-16(19)12-5-3-4-6-14(12)18(15)20/h3-10,19-20H,1-2H3. The van der Waals surface area contributed by atoms with Crippen molar-refractivity contribution < 1.29 is 19.7 Å². The number of phenolic OH excluding ortho intramolecular Hbond substituents is 2. The lowest BCUT2D eigenvalue weighted by molar-refractivity contribution is 0.395. The Morgan fingerprint density at radius 3 is 2.18 bits per heavy atom. The number of hydrogen-bond acceptors (Lipinski definition) is 4. The second kappa shape index (κ2) is 5.48. The molecule has 4 nitrogen and oxygen atoms in total. The van der Waals surface area contributed by atoms with Gasteiger partial charge in [0.25, 0.3) is 0 Å². The first-order valence-corrected chi connectivity index (χ1v) is 6.81. The maximum absolute atomic E-state index is 10.6. The minimum atomic E-state index is 0.108. The van der Waals surface area contributed by atoms with E-state index in [0.29, 0.717) is 33.4 Å². The molecule has 2 N–H and O–H groups in total. The van der Waals surface area contributed by atoms with Crippen LogP contribution in [0.5, 0.6) is 23.0 Å². The van der Waals surface area contributed by atoms with Gasteiger partial charge in [0.05, 0.1) is 14.2 Å². The molecule has 0 bridgehead atoms. The van der Waals surface area contributed by atoms with Gasteiger partial charge in [0.1, 0.15) is 23.0 Å². The van der Waals surface area contributed by atoms with E-state index in [0.717, 1.165) is 0 Å². The number of aromatic hydroxyl groups is 2. The third-order valence-electron chi connectivity index (χ3n) is 3.69. The summed E-state index contributed by atoms with van der Waals surface area (Å²) in [6.07, 6.45) is 0. The van der Waals surface area contributed by atoms with Gasteiger partial charge in [-0.3, -0.25) is 0 Å². The maximum atomic E-state index is 10.6. The van der Waals surface area contributed by atoms with Gasteiger partial charge in [0.15, 0.2) is 0 Å². The summed E-state index contributed by atoms with van der Waals surface area (Å²) in [5.41, 5.74) is 1.19. The van der Waals surface area contributed by atoms with Crippen LogP contribution in [-0.4, -0.2) is 24.4 Å². The van der Waals surface area contributed by atoms with Crippen LogP contribution >= 0.6 is 0 Å². The van der Waals surface area contributed by atoms with Crippen molar-refractivity contribution >= 4 is 10.8 Å². The van der Waals surface area contributed by atoms with Gasteiger partial charge in [-0.25, -0.2) is 0 Å². The number of benzene rings is 3. The molecule has 0 saturated carbocycles. The van der Waals surface area contributed by atoms with E-state index in [1.807, 2.05) is 12.1 Å². The molecule has 3 aromatic rings. The number of rotatable bonds is 3. The van der Waals surface area contributed by atoms with Gasteiger partial charge in [-0.05, 0) is 18.2 Å². The van der Waals surface area contributed by atoms with Gasteiger partial charge in [-0.1, -0.05) is 24.3 Å². The van der Waals surface area contributed by atoms with Crippen molar-refractivity contribution in [3.8, 4) is 34.1 Å². The molecule has 0 saturated heterocycles. The van der Waals surface area contributed by atoms with Crippen molar-refractivity contribution in [2.24, 2.45) is 0 Å². The van der Waals surface area contributed by atoms with Crippen molar-refractivity contribution in [2.75, 3.05) is 14.2 Å². The number of fused-ring (bicyclic) bond motifs is 1. The lowest BCUT2D eigenvalue weighted by Crippen LogP contribution is -1.91. The minimum Gasteiger partial charge on any atom is -0.507 e. The second-order valence-electron chi connectivity index (χ2n) is 4.90. The first-order chi connectivity index (χ1) is 10.7. The fourth-order valence-electron chi connectivity index (χ4n) is 2.57. The highest BCUT2D eigenvalue weighted by atomic mass is 16.5. The molecule has 0 aliphatic rings. The Bertz CT molecular complexity index is 840. The predicted octanol–water partition coefficient (Wildman–Crippen LogP) is 3.94. The molecule has 0 amide bonds. The lowest BCUT2D eigenvalue weighted by Gasteiger charge is -2.14. The molecule has 0 radical (unpaired) electrons. The average molecular weight is 296 g/mol. The van der Waals surface area contributed by atoms with Crippen LogP contribution < -0.4 is 9.47 Å². The van der Waals surface area contributed by atoms with E-state index in [-0.39, 0.29) is 11.5 Å². The molecule has 0 aliphatic heterocycles. The topological polar surface area (TPSA) is 58.9 Å². The van der Waals surface area contributed by atoms with E-state index >= 15 is 0 Å². The van der Waals surface area contributed by atoms with Gasteiger partial charge < -0.3 is 19.7 Å². The normalized spacial score (nSPS) is 10.6. The Labute approximate surface area is 128 Å². The summed E-state index contributed by atoms with van der Waals surface area (Å²) >= 11 is 0. The number of methoxy groups -OCH3 is 2. The minimum absolute atomic E-state index is 0.108. The molecule has 3 rings (SSSR count). The third-order valence-corrected chi connectivity index (χ3v) is 3.69. The third kappa shape index (κ3) is 2.19. The number of ether oxygens (including phenoxy) is 2. The second-order valence-corrected chi connectivity index (χ2v) is 4.90. The van der Waals surface area contributed by atoms with E-state index in [4.69, 9.17) is 9.47 Å². The molecule has 0 atom stereocenters. The van der Waals surface area contributed by atoms with Crippen molar-refractivity contribution in [1.82, 2.24) is 0 Å². The molecule has 0 fully saturated rings. The molecule has 0 aliphatic carbocycles. The van der Waals surface area contributed by atoms with Gasteiger partial charge >= 0.3 is 0 Å². The first-order valence-electron chi connectivity index (χ1n) is 6.81. The molecule has 0 spiro atoms. The van der Waals surface area contributed by atoms with Crippen molar-refractivity contribution in [3.05, 3.63) is 48.5 Å². The number of hydrogen-bond donors (Lipinski definition) is 2.